The lowest BCUT2D eigenvalue weighted by Gasteiger charge is -2.29. The van der Waals surface area contributed by atoms with Gasteiger partial charge in [0.2, 0.25) is 0 Å². The second-order valence-corrected chi connectivity index (χ2v) is 6.97. The van der Waals surface area contributed by atoms with Crippen molar-refractivity contribution in [2.75, 3.05) is 0 Å². The van der Waals surface area contributed by atoms with Gasteiger partial charge in [0.25, 0.3) is 0 Å². The van der Waals surface area contributed by atoms with Gasteiger partial charge in [0.1, 0.15) is 17.3 Å². The molecule has 3 N–H and O–H groups in total. The predicted octanol–water partition coefficient (Wildman–Crippen LogP) is 4.25. The molecule has 5 heteroatoms. The summed E-state index contributed by atoms with van der Waals surface area (Å²) in [6, 6.07) is 15.6. The normalized spacial score (nSPS) is 17.4. The molecule has 1 aliphatic carbocycles. The number of carboxylic acids is 1. The van der Waals surface area contributed by atoms with E-state index in [1.807, 2.05) is 12.1 Å². The topological polar surface area (TPSA) is 87.0 Å². The summed E-state index contributed by atoms with van der Waals surface area (Å²) < 4.78 is 6.17. The van der Waals surface area contributed by atoms with Crippen LogP contribution in [-0.4, -0.2) is 27.4 Å². The zero-order valence-electron chi connectivity index (χ0n) is 15.2. The van der Waals surface area contributed by atoms with Gasteiger partial charge in [-0.2, -0.15) is 0 Å². The van der Waals surface area contributed by atoms with E-state index >= 15 is 0 Å². The molecule has 0 aromatic heterocycles. The SMILES string of the molecule is O=C(O)c1ccccc1C1=C2C=CC(O)C=C2Oc2c1ccc1cc(O)ccc21. The van der Waals surface area contributed by atoms with Gasteiger partial charge in [-0.25, -0.2) is 4.79 Å². The van der Waals surface area contributed by atoms with E-state index in [-0.39, 0.29) is 11.3 Å². The zero-order valence-corrected chi connectivity index (χ0v) is 15.2. The standard InChI is InChI=1S/C24H16O5/c25-14-6-9-16-13(11-14)5-8-20-22(17-3-1-2-4-18(17)24(27)28)19-10-7-15(26)12-21(19)29-23(16)20/h1-12,15,25-26H,(H,27,28). The molecule has 5 rings (SSSR count). The van der Waals surface area contributed by atoms with Crippen molar-refractivity contribution < 1.29 is 24.9 Å². The highest BCUT2D eigenvalue weighted by molar-refractivity contribution is 6.04. The van der Waals surface area contributed by atoms with Gasteiger partial charge in [-0.05, 0) is 47.4 Å². The monoisotopic (exact) mass is 384 g/mol. The van der Waals surface area contributed by atoms with E-state index in [4.69, 9.17) is 4.74 Å². The number of allylic oxidation sites excluding steroid dienone is 1. The molecule has 1 heterocycles. The minimum absolute atomic E-state index is 0.149. The maximum atomic E-state index is 11.9. The molecule has 2 aliphatic rings. The Kier molecular flexibility index (Phi) is 3.79. The molecule has 0 radical (unpaired) electrons. The summed E-state index contributed by atoms with van der Waals surface area (Å²) in [4.78, 5) is 11.9. The molecule has 0 spiro atoms. The molecule has 0 saturated carbocycles. The summed E-state index contributed by atoms with van der Waals surface area (Å²) in [7, 11) is 0. The first-order valence-corrected chi connectivity index (χ1v) is 9.12. The maximum absolute atomic E-state index is 11.9. The predicted molar refractivity (Wildman–Crippen MR) is 109 cm³/mol. The fraction of sp³-hybridized carbons (Fsp3) is 0.0417. The van der Waals surface area contributed by atoms with Crippen molar-refractivity contribution in [3.63, 3.8) is 0 Å². The molecule has 0 fully saturated rings. The molecule has 0 saturated heterocycles. The average molecular weight is 384 g/mol. The van der Waals surface area contributed by atoms with E-state index in [1.165, 1.54) is 0 Å². The molecule has 1 atom stereocenters. The summed E-state index contributed by atoms with van der Waals surface area (Å²) in [6.07, 6.45) is 4.21. The van der Waals surface area contributed by atoms with Gasteiger partial charge in [-0.3, -0.25) is 0 Å². The number of ether oxygens (including phenoxy) is 1. The van der Waals surface area contributed by atoms with E-state index in [0.717, 1.165) is 27.5 Å². The molecule has 1 aliphatic heterocycles. The van der Waals surface area contributed by atoms with Crippen LogP contribution in [-0.2, 0) is 0 Å². The number of aromatic carboxylic acids is 1. The molecular weight excluding hydrogens is 368 g/mol. The molecular formula is C24H16O5. The Morgan fingerprint density at radius 1 is 1.00 bits per heavy atom. The molecule has 0 bridgehead atoms. The van der Waals surface area contributed by atoms with Crippen molar-refractivity contribution in [3.05, 3.63) is 101 Å². The van der Waals surface area contributed by atoms with E-state index in [9.17, 15) is 20.1 Å². The van der Waals surface area contributed by atoms with Gasteiger partial charge in [0.05, 0.1) is 11.7 Å². The first-order valence-electron chi connectivity index (χ1n) is 9.12. The second kappa shape index (κ2) is 6.36. The van der Waals surface area contributed by atoms with Crippen LogP contribution < -0.4 is 4.74 Å². The number of benzene rings is 3. The van der Waals surface area contributed by atoms with Crippen LogP contribution in [0.25, 0.3) is 16.3 Å². The lowest BCUT2D eigenvalue weighted by molar-refractivity contribution is 0.0696. The number of phenolic OH excluding ortho intramolecular Hbond substituents is 1. The molecule has 3 aromatic carbocycles. The van der Waals surface area contributed by atoms with Crippen LogP contribution in [0.15, 0.2) is 84.2 Å². The van der Waals surface area contributed by atoms with Crippen LogP contribution in [0.1, 0.15) is 21.5 Å². The number of hydrogen-bond donors (Lipinski definition) is 3. The van der Waals surface area contributed by atoms with Gasteiger partial charge in [0.15, 0.2) is 0 Å². The van der Waals surface area contributed by atoms with Gasteiger partial charge in [0, 0.05) is 22.1 Å². The Balaban J connectivity index is 1.88. The van der Waals surface area contributed by atoms with Crippen LogP contribution in [0.5, 0.6) is 11.5 Å². The number of carboxylic acid groups (broad SMARTS) is 1. The number of fused-ring (bicyclic) bond motifs is 4. The first-order chi connectivity index (χ1) is 14.0. The number of hydrogen-bond acceptors (Lipinski definition) is 4. The van der Waals surface area contributed by atoms with E-state index in [0.29, 0.717) is 17.1 Å². The third-order valence-corrected chi connectivity index (χ3v) is 5.18. The number of aromatic hydroxyl groups is 1. The molecule has 0 amide bonds. The number of aliphatic hydroxyl groups excluding tert-OH is 1. The largest absolute Gasteiger partial charge is 0.508 e. The number of rotatable bonds is 2. The fourth-order valence-electron chi connectivity index (χ4n) is 3.90. The first kappa shape index (κ1) is 17.3. The van der Waals surface area contributed by atoms with Gasteiger partial charge >= 0.3 is 5.97 Å². The fourth-order valence-corrected chi connectivity index (χ4v) is 3.90. The van der Waals surface area contributed by atoms with Crippen LogP contribution >= 0.6 is 0 Å². The van der Waals surface area contributed by atoms with Gasteiger partial charge in [-0.15, -0.1) is 0 Å². The molecule has 3 aromatic rings. The van der Waals surface area contributed by atoms with Crippen molar-refractivity contribution in [1.82, 2.24) is 0 Å². The quantitative estimate of drug-likeness (QED) is 0.615. The summed E-state index contributed by atoms with van der Waals surface area (Å²) in [5.41, 5.74) is 2.96. The second-order valence-electron chi connectivity index (χ2n) is 6.97. The molecule has 29 heavy (non-hydrogen) atoms. The van der Waals surface area contributed by atoms with Crippen molar-refractivity contribution in [3.8, 4) is 11.5 Å². The summed E-state index contributed by atoms with van der Waals surface area (Å²) in [5, 5.41) is 31.2. The van der Waals surface area contributed by atoms with Crippen LogP contribution in [0, 0.1) is 0 Å². The van der Waals surface area contributed by atoms with Crippen molar-refractivity contribution in [1.29, 1.82) is 0 Å². The zero-order chi connectivity index (χ0) is 20.1. The van der Waals surface area contributed by atoms with Crippen LogP contribution in [0.2, 0.25) is 0 Å². The van der Waals surface area contributed by atoms with E-state index in [2.05, 4.69) is 0 Å². The summed E-state index contributed by atoms with van der Waals surface area (Å²) in [5.74, 6) is 0.174. The van der Waals surface area contributed by atoms with E-state index < -0.39 is 12.1 Å². The van der Waals surface area contributed by atoms with Crippen molar-refractivity contribution >= 4 is 22.3 Å². The van der Waals surface area contributed by atoms with Crippen LogP contribution in [0.3, 0.4) is 0 Å². The summed E-state index contributed by atoms with van der Waals surface area (Å²) in [6.45, 7) is 0. The van der Waals surface area contributed by atoms with Gasteiger partial charge in [-0.1, -0.05) is 36.4 Å². The Morgan fingerprint density at radius 2 is 1.83 bits per heavy atom. The Labute approximate surface area is 166 Å². The Hall–Kier alpha value is -3.83. The number of phenols is 1. The minimum Gasteiger partial charge on any atom is -0.508 e. The maximum Gasteiger partial charge on any atom is 0.336 e. The Morgan fingerprint density at radius 3 is 2.66 bits per heavy atom. The number of carbonyl (C=O) groups is 1. The van der Waals surface area contributed by atoms with Crippen molar-refractivity contribution in [2.24, 2.45) is 0 Å². The van der Waals surface area contributed by atoms with Crippen LogP contribution in [0.4, 0.5) is 0 Å². The highest BCUT2D eigenvalue weighted by Gasteiger charge is 2.30. The molecule has 142 valence electrons. The summed E-state index contributed by atoms with van der Waals surface area (Å²) >= 11 is 0. The highest BCUT2D eigenvalue weighted by atomic mass is 16.5. The average Bonchev–Trinajstić information content (AvgIpc) is 2.71. The molecule has 5 nitrogen and oxygen atoms in total. The van der Waals surface area contributed by atoms with E-state index in [1.54, 1.807) is 60.7 Å². The Bertz CT molecular complexity index is 1280. The third-order valence-electron chi connectivity index (χ3n) is 5.18. The minimum atomic E-state index is -1.02. The number of aliphatic hydroxyl groups is 1. The third kappa shape index (κ3) is 2.71. The van der Waals surface area contributed by atoms with Crippen molar-refractivity contribution in [2.45, 2.75) is 6.10 Å². The van der Waals surface area contributed by atoms with Gasteiger partial charge < -0.3 is 20.1 Å². The molecule has 1 unspecified atom stereocenters. The smallest absolute Gasteiger partial charge is 0.336 e. The lowest BCUT2D eigenvalue weighted by atomic mass is 9.84. The highest BCUT2D eigenvalue weighted by Crippen LogP contribution is 2.47. The lowest BCUT2D eigenvalue weighted by Crippen LogP contribution is -2.17.